The van der Waals surface area contributed by atoms with Gasteiger partial charge in [-0.05, 0) is 30.5 Å². The predicted molar refractivity (Wildman–Crippen MR) is 115 cm³/mol. The van der Waals surface area contributed by atoms with Gasteiger partial charge in [-0.3, -0.25) is 9.98 Å². The molecule has 134 valence electrons. The van der Waals surface area contributed by atoms with E-state index >= 15 is 0 Å². The number of benzene rings is 1. The summed E-state index contributed by atoms with van der Waals surface area (Å²) in [6.07, 6.45) is 2.98. The average molecular weight is 450 g/mol. The maximum absolute atomic E-state index is 4.48. The molecule has 0 saturated carbocycles. The Kier molecular flexibility index (Phi) is 6.81. The standard InChI is InChI=1S/C20H26N4.HI/c1-16-8-7-12-22-18(16)14-23-19(21-3)24-13-11-20(2,15-24)17-9-5-4-6-10-17;/h4-10,12H,11,13-15H2,1-3H3,(H,21,23);1H. The Balaban J connectivity index is 0.00000225. The van der Waals surface area contributed by atoms with E-state index in [1.54, 1.807) is 0 Å². The van der Waals surface area contributed by atoms with Gasteiger partial charge >= 0.3 is 0 Å². The van der Waals surface area contributed by atoms with Crippen LogP contribution in [0.5, 0.6) is 0 Å². The van der Waals surface area contributed by atoms with E-state index in [-0.39, 0.29) is 29.4 Å². The van der Waals surface area contributed by atoms with Crippen LogP contribution < -0.4 is 5.32 Å². The number of pyridine rings is 1. The Bertz CT molecular complexity index is 717. The molecule has 1 fully saturated rings. The molecule has 2 aromatic rings. The van der Waals surface area contributed by atoms with E-state index in [1.165, 1.54) is 11.1 Å². The molecule has 1 aromatic carbocycles. The van der Waals surface area contributed by atoms with Crippen molar-refractivity contribution in [1.82, 2.24) is 15.2 Å². The van der Waals surface area contributed by atoms with Crippen molar-refractivity contribution in [3.8, 4) is 0 Å². The first kappa shape index (κ1) is 19.7. The Morgan fingerprint density at radius 3 is 2.68 bits per heavy atom. The highest BCUT2D eigenvalue weighted by Gasteiger charge is 2.36. The van der Waals surface area contributed by atoms with Gasteiger partial charge in [-0.2, -0.15) is 0 Å². The molecule has 1 unspecified atom stereocenters. The number of hydrogen-bond donors (Lipinski definition) is 1. The predicted octanol–water partition coefficient (Wildman–Crippen LogP) is 3.75. The van der Waals surface area contributed by atoms with E-state index in [2.05, 4.69) is 70.4 Å². The molecule has 4 nitrogen and oxygen atoms in total. The van der Waals surface area contributed by atoms with Gasteiger partial charge in [0.2, 0.25) is 0 Å². The van der Waals surface area contributed by atoms with Crippen LogP contribution in [0.1, 0.15) is 30.2 Å². The molecule has 1 saturated heterocycles. The number of aryl methyl sites for hydroxylation is 1. The first-order valence-electron chi connectivity index (χ1n) is 8.54. The lowest BCUT2D eigenvalue weighted by molar-refractivity contribution is 0.438. The van der Waals surface area contributed by atoms with Gasteiger partial charge in [0.15, 0.2) is 5.96 Å². The second-order valence-corrected chi connectivity index (χ2v) is 6.77. The van der Waals surface area contributed by atoms with Gasteiger partial charge in [0.05, 0.1) is 12.2 Å². The van der Waals surface area contributed by atoms with Gasteiger partial charge in [-0.25, -0.2) is 0 Å². The minimum absolute atomic E-state index is 0. The second kappa shape index (κ2) is 8.65. The lowest BCUT2D eigenvalue weighted by Crippen LogP contribution is -2.41. The van der Waals surface area contributed by atoms with Gasteiger partial charge in [0.1, 0.15) is 0 Å². The average Bonchev–Trinajstić information content (AvgIpc) is 3.01. The van der Waals surface area contributed by atoms with Crippen LogP contribution in [-0.4, -0.2) is 36.0 Å². The summed E-state index contributed by atoms with van der Waals surface area (Å²) in [6, 6.07) is 14.9. The molecule has 0 bridgehead atoms. The van der Waals surface area contributed by atoms with Gasteiger partial charge in [-0.1, -0.05) is 43.3 Å². The monoisotopic (exact) mass is 450 g/mol. The van der Waals surface area contributed by atoms with E-state index < -0.39 is 0 Å². The summed E-state index contributed by atoms with van der Waals surface area (Å²) in [5, 5.41) is 3.47. The van der Waals surface area contributed by atoms with Crippen molar-refractivity contribution in [2.45, 2.75) is 32.2 Å². The zero-order chi connectivity index (χ0) is 17.0. The molecular weight excluding hydrogens is 423 g/mol. The summed E-state index contributed by atoms with van der Waals surface area (Å²) in [4.78, 5) is 11.3. The fourth-order valence-corrected chi connectivity index (χ4v) is 3.42. The van der Waals surface area contributed by atoms with Crippen LogP contribution in [0, 0.1) is 6.92 Å². The summed E-state index contributed by atoms with van der Waals surface area (Å²) in [7, 11) is 1.85. The molecular formula is C20H27IN4. The van der Waals surface area contributed by atoms with E-state index in [4.69, 9.17) is 0 Å². The van der Waals surface area contributed by atoms with Crippen LogP contribution in [0.15, 0.2) is 53.7 Å². The number of hydrogen-bond acceptors (Lipinski definition) is 2. The summed E-state index contributed by atoms with van der Waals surface area (Å²) in [6.45, 7) is 7.15. The second-order valence-electron chi connectivity index (χ2n) is 6.77. The molecule has 0 amide bonds. The topological polar surface area (TPSA) is 40.5 Å². The Morgan fingerprint density at radius 1 is 1.24 bits per heavy atom. The smallest absolute Gasteiger partial charge is 0.193 e. The Morgan fingerprint density at radius 2 is 2.00 bits per heavy atom. The fourth-order valence-electron chi connectivity index (χ4n) is 3.42. The lowest BCUT2D eigenvalue weighted by Gasteiger charge is -2.27. The first-order valence-corrected chi connectivity index (χ1v) is 8.54. The number of guanidine groups is 1. The third-order valence-electron chi connectivity index (χ3n) is 4.99. The van der Waals surface area contributed by atoms with E-state index in [0.29, 0.717) is 6.54 Å². The highest BCUT2D eigenvalue weighted by Crippen LogP contribution is 2.33. The van der Waals surface area contributed by atoms with Crippen LogP contribution in [0.4, 0.5) is 0 Å². The molecule has 1 aliphatic heterocycles. The Hall–Kier alpha value is -1.63. The zero-order valence-corrected chi connectivity index (χ0v) is 17.5. The lowest BCUT2D eigenvalue weighted by atomic mass is 9.82. The largest absolute Gasteiger partial charge is 0.351 e. The molecule has 0 radical (unpaired) electrons. The molecule has 25 heavy (non-hydrogen) atoms. The molecule has 1 aliphatic rings. The zero-order valence-electron chi connectivity index (χ0n) is 15.2. The normalized spacial score (nSPS) is 20.3. The maximum atomic E-state index is 4.48. The summed E-state index contributed by atoms with van der Waals surface area (Å²) in [5.74, 6) is 0.958. The summed E-state index contributed by atoms with van der Waals surface area (Å²) in [5.41, 5.74) is 3.86. The molecule has 2 heterocycles. The summed E-state index contributed by atoms with van der Waals surface area (Å²) >= 11 is 0. The molecule has 0 spiro atoms. The van der Waals surface area contributed by atoms with Crippen molar-refractivity contribution in [2.24, 2.45) is 4.99 Å². The molecule has 3 rings (SSSR count). The van der Waals surface area contributed by atoms with Crippen LogP contribution >= 0.6 is 24.0 Å². The van der Waals surface area contributed by atoms with E-state index in [1.807, 2.05) is 19.3 Å². The van der Waals surface area contributed by atoms with Crippen molar-refractivity contribution in [1.29, 1.82) is 0 Å². The first-order chi connectivity index (χ1) is 11.6. The van der Waals surface area contributed by atoms with Crippen molar-refractivity contribution in [3.63, 3.8) is 0 Å². The van der Waals surface area contributed by atoms with Gasteiger partial charge < -0.3 is 10.2 Å². The van der Waals surface area contributed by atoms with Crippen molar-refractivity contribution in [3.05, 3.63) is 65.5 Å². The van der Waals surface area contributed by atoms with Gasteiger partial charge in [-0.15, -0.1) is 24.0 Å². The molecule has 1 atom stereocenters. The molecule has 1 N–H and O–H groups in total. The highest BCUT2D eigenvalue weighted by atomic mass is 127. The minimum Gasteiger partial charge on any atom is -0.351 e. The van der Waals surface area contributed by atoms with Crippen molar-refractivity contribution < 1.29 is 0 Å². The van der Waals surface area contributed by atoms with Crippen molar-refractivity contribution >= 4 is 29.9 Å². The van der Waals surface area contributed by atoms with Crippen LogP contribution in [0.2, 0.25) is 0 Å². The number of aliphatic imine (C=N–C) groups is 1. The van der Waals surface area contributed by atoms with Crippen LogP contribution in [-0.2, 0) is 12.0 Å². The van der Waals surface area contributed by atoms with Crippen molar-refractivity contribution in [2.75, 3.05) is 20.1 Å². The maximum Gasteiger partial charge on any atom is 0.193 e. The van der Waals surface area contributed by atoms with E-state index in [0.717, 1.165) is 31.2 Å². The van der Waals surface area contributed by atoms with Crippen LogP contribution in [0.25, 0.3) is 0 Å². The molecule has 5 heteroatoms. The third-order valence-corrected chi connectivity index (χ3v) is 4.99. The number of aromatic nitrogens is 1. The van der Waals surface area contributed by atoms with E-state index in [9.17, 15) is 0 Å². The van der Waals surface area contributed by atoms with Gasteiger partial charge in [0, 0.05) is 31.7 Å². The number of rotatable bonds is 3. The minimum atomic E-state index is 0. The Labute approximate surface area is 167 Å². The fraction of sp³-hybridized carbons (Fsp3) is 0.400. The number of nitrogens with one attached hydrogen (secondary N) is 1. The SMILES string of the molecule is CN=C(NCc1ncccc1C)N1CCC(C)(c2ccccc2)C1.I. The number of likely N-dealkylation sites (tertiary alicyclic amines) is 1. The number of halogens is 1. The number of nitrogens with zero attached hydrogens (tertiary/aromatic N) is 3. The summed E-state index contributed by atoms with van der Waals surface area (Å²) < 4.78 is 0. The molecule has 0 aliphatic carbocycles. The quantitative estimate of drug-likeness (QED) is 0.440. The van der Waals surface area contributed by atoms with Gasteiger partial charge in [0.25, 0.3) is 0 Å². The highest BCUT2D eigenvalue weighted by molar-refractivity contribution is 14.0. The third kappa shape index (κ3) is 4.51. The van der Waals surface area contributed by atoms with Crippen LogP contribution in [0.3, 0.4) is 0 Å². The molecule has 1 aromatic heterocycles.